The quantitative estimate of drug-likeness (QED) is 0.810. The monoisotopic (exact) mass is 416 g/mol. The van der Waals surface area contributed by atoms with Crippen molar-refractivity contribution in [2.45, 2.75) is 37.2 Å². The molecule has 0 aliphatic carbocycles. The fourth-order valence-corrected chi connectivity index (χ4v) is 4.73. The number of ether oxygens (including phenoxy) is 2. The predicted molar refractivity (Wildman–Crippen MR) is 109 cm³/mol. The first-order chi connectivity index (χ1) is 14.0. The van der Waals surface area contributed by atoms with Gasteiger partial charge in [-0.2, -0.15) is 0 Å². The lowest BCUT2D eigenvalue weighted by molar-refractivity contribution is -0.140. The molecule has 0 spiro atoms. The lowest BCUT2D eigenvalue weighted by Gasteiger charge is -2.29. The van der Waals surface area contributed by atoms with Crippen LogP contribution in [-0.4, -0.2) is 45.0 Å². The van der Waals surface area contributed by atoms with Gasteiger partial charge >= 0.3 is 0 Å². The van der Waals surface area contributed by atoms with E-state index < -0.39 is 16.1 Å². The van der Waals surface area contributed by atoms with E-state index in [1.54, 1.807) is 23.1 Å². The highest BCUT2D eigenvalue weighted by molar-refractivity contribution is 7.92. The number of nitrogens with zero attached hydrogens (tertiary/aromatic N) is 1. The second kappa shape index (κ2) is 7.94. The Kier molecular flexibility index (Phi) is 5.36. The van der Waals surface area contributed by atoms with E-state index in [1.807, 2.05) is 19.1 Å². The molecule has 29 heavy (non-hydrogen) atoms. The van der Waals surface area contributed by atoms with Crippen molar-refractivity contribution in [2.75, 3.05) is 24.4 Å². The van der Waals surface area contributed by atoms with Crippen LogP contribution in [0.1, 0.15) is 25.3 Å². The van der Waals surface area contributed by atoms with E-state index in [-0.39, 0.29) is 17.4 Å². The van der Waals surface area contributed by atoms with E-state index in [1.165, 1.54) is 12.1 Å². The van der Waals surface area contributed by atoms with Crippen LogP contribution in [0.15, 0.2) is 47.4 Å². The van der Waals surface area contributed by atoms with Crippen LogP contribution in [0, 0.1) is 0 Å². The first-order valence-corrected chi connectivity index (χ1v) is 11.3. The number of hydrogen-bond acceptors (Lipinski definition) is 5. The Balaban J connectivity index is 1.52. The molecule has 7 nitrogen and oxygen atoms in total. The second-order valence-electron chi connectivity index (χ2n) is 7.17. The van der Waals surface area contributed by atoms with Crippen molar-refractivity contribution >= 4 is 21.6 Å². The molecule has 2 aromatic carbocycles. The molecule has 2 aliphatic heterocycles. The van der Waals surface area contributed by atoms with Gasteiger partial charge in [-0.1, -0.05) is 25.1 Å². The molecule has 1 N–H and O–H groups in total. The van der Waals surface area contributed by atoms with Crippen molar-refractivity contribution in [3.63, 3.8) is 0 Å². The van der Waals surface area contributed by atoms with Gasteiger partial charge < -0.3 is 14.4 Å². The summed E-state index contributed by atoms with van der Waals surface area (Å²) in [5.41, 5.74) is 1.47. The minimum atomic E-state index is -3.78. The molecule has 1 amide bonds. The van der Waals surface area contributed by atoms with Crippen LogP contribution in [-0.2, 0) is 21.2 Å². The van der Waals surface area contributed by atoms with Crippen molar-refractivity contribution in [3.05, 3.63) is 48.0 Å². The molecule has 1 atom stereocenters. The Morgan fingerprint density at radius 3 is 2.66 bits per heavy atom. The maximum Gasteiger partial charge on any atom is 0.267 e. The maximum absolute atomic E-state index is 12.8. The summed E-state index contributed by atoms with van der Waals surface area (Å²) in [7, 11) is -3.78. The smallest absolute Gasteiger partial charge is 0.267 e. The number of nitrogens with one attached hydrogen (secondary N) is 1. The third kappa shape index (κ3) is 4.03. The first kappa shape index (κ1) is 19.6. The minimum Gasteiger partial charge on any atom is -0.485 e. The van der Waals surface area contributed by atoms with Gasteiger partial charge in [0.15, 0.2) is 11.5 Å². The number of aryl methyl sites for hydroxylation is 1. The summed E-state index contributed by atoms with van der Waals surface area (Å²) >= 11 is 0. The molecular weight excluding hydrogens is 392 g/mol. The molecular formula is C21H24N2O5S. The van der Waals surface area contributed by atoms with Crippen molar-refractivity contribution in [1.82, 2.24) is 4.90 Å². The number of anilines is 1. The SMILES string of the molecule is CCc1ccccc1NS(=O)(=O)c1ccc2c(c1)OC[C@H](C(=O)N1CCCC1)O2. The molecule has 2 aliphatic rings. The van der Waals surface area contributed by atoms with Gasteiger partial charge in [0.2, 0.25) is 6.10 Å². The van der Waals surface area contributed by atoms with E-state index in [0.717, 1.165) is 31.5 Å². The second-order valence-corrected chi connectivity index (χ2v) is 8.86. The third-order valence-electron chi connectivity index (χ3n) is 5.22. The molecule has 1 saturated heterocycles. The summed E-state index contributed by atoms with van der Waals surface area (Å²) in [6.45, 7) is 3.52. The van der Waals surface area contributed by atoms with Crippen LogP contribution in [0.3, 0.4) is 0 Å². The number of sulfonamides is 1. The number of fused-ring (bicyclic) bond motifs is 1. The van der Waals surface area contributed by atoms with E-state index in [2.05, 4.69) is 4.72 Å². The number of para-hydroxylation sites is 1. The summed E-state index contributed by atoms with van der Waals surface area (Å²) in [6.07, 6.45) is 2.03. The van der Waals surface area contributed by atoms with Gasteiger partial charge in [-0.05, 0) is 43.0 Å². The zero-order chi connectivity index (χ0) is 20.4. The fraction of sp³-hybridized carbons (Fsp3) is 0.381. The van der Waals surface area contributed by atoms with Crippen LogP contribution in [0.5, 0.6) is 11.5 Å². The maximum atomic E-state index is 12.8. The summed E-state index contributed by atoms with van der Waals surface area (Å²) in [5.74, 6) is 0.617. The van der Waals surface area contributed by atoms with E-state index >= 15 is 0 Å². The fourth-order valence-electron chi connectivity index (χ4n) is 3.61. The molecule has 0 radical (unpaired) electrons. The Labute approximate surface area is 170 Å². The number of benzene rings is 2. The highest BCUT2D eigenvalue weighted by Crippen LogP contribution is 2.35. The van der Waals surface area contributed by atoms with Gasteiger partial charge in [0.05, 0.1) is 10.6 Å². The molecule has 154 valence electrons. The molecule has 0 unspecified atom stereocenters. The third-order valence-corrected chi connectivity index (χ3v) is 6.58. The molecule has 0 saturated carbocycles. The average molecular weight is 416 g/mol. The molecule has 4 rings (SSSR count). The number of amides is 1. The first-order valence-electron chi connectivity index (χ1n) is 9.81. The Hall–Kier alpha value is -2.74. The number of carbonyl (C=O) groups excluding carboxylic acids is 1. The molecule has 0 bridgehead atoms. The van der Waals surface area contributed by atoms with Crippen LogP contribution >= 0.6 is 0 Å². The van der Waals surface area contributed by atoms with Crippen molar-refractivity contribution in [2.24, 2.45) is 0 Å². The molecule has 1 fully saturated rings. The van der Waals surface area contributed by atoms with Gasteiger partial charge in [-0.3, -0.25) is 9.52 Å². The molecule has 8 heteroatoms. The molecule has 2 heterocycles. The average Bonchev–Trinajstić information content (AvgIpc) is 3.27. The van der Waals surface area contributed by atoms with E-state index in [4.69, 9.17) is 9.47 Å². The summed E-state index contributed by atoms with van der Waals surface area (Å²) in [4.78, 5) is 14.4. The lowest BCUT2D eigenvalue weighted by atomic mass is 10.1. The summed E-state index contributed by atoms with van der Waals surface area (Å²) in [6, 6.07) is 11.7. The number of likely N-dealkylation sites (tertiary alicyclic amines) is 1. The largest absolute Gasteiger partial charge is 0.485 e. The normalized spacial score (nSPS) is 18.5. The summed E-state index contributed by atoms with van der Waals surface area (Å²) in [5, 5.41) is 0. The zero-order valence-electron chi connectivity index (χ0n) is 16.3. The molecule has 0 aromatic heterocycles. The van der Waals surface area contributed by atoms with Gasteiger partial charge in [0.1, 0.15) is 6.61 Å². The van der Waals surface area contributed by atoms with Crippen molar-refractivity contribution in [1.29, 1.82) is 0 Å². The van der Waals surface area contributed by atoms with Crippen LogP contribution in [0.25, 0.3) is 0 Å². The van der Waals surface area contributed by atoms with Crippen LogP contribution in [0.4, 0.5) is 5.69 Å². The predicted octanol–water partition coefficient (Wildman–Crippen LogP) is 2.81. The van der Waals surface area contributed by atoms with Crippen LogP contribution < -0.4 is 14.2 Å². The Morgan fingerprint density at radius 2 is 1.90 bits per heavy atom. The van der Waals surface area contributed by atoms with E-state index in [0.29, 0.717) is 23.6 Å². The topological polar surface area (TPSA) is 84.9 Å². The van der Waals surface area contributed by atoms with Crippen molar-refractivity contribution < 1.29 is 22.7 Å². The lowest BCUT2D eigenvalue weighted by Crippen LogP contribution is -2.45. The number of hydrogen-bond donors (Lipinski definition) is 1. The van der Waals surface area contributed by atoms with Gasteiger partial charge in [-0.15, -0.1) is 0 Å². The van der Waals surface area contributed by atoms with Crippen molar-refractivity contribution in [3.8, 4) is 11.5 Å². The highest BCUT2D eigenvalue weighted by atomic mass is 32.2. The van der Waals surface area contributed by atoms with Crippen LogP contribution in [0.2, 0.25) is 0 Å². The Morgan fingerprint density at radius 1 is 1.14 bits per heavy atom. The van der Waals surface area contributed by atoms with Gasteiger partial charge in [0, 0.05) is 19.2 Å². The zero-order valence-corrected chi connectivity index (χ0v) is 17.1. The minimum absolute atomic E-state index is 0.0674. The number of carbonyl (C=O) groups is 1. The standard InChI is InChI=1S/C21H24N2O5S/c1-2-15-7-3-4-8-17(15)22-29(25,26)16-9-10-18-19(13-16)27-14-20(28-18)21(24)23-11-5-6-12-23/h3-4,7-10,13,20,22H,2,5-6,11-12,14H2,1H3/t20-/m1/s1. The number of rotatable bonds is 5. The summed E-state index contributed by atoms with van der Waals surface area (Å²) < 4.78 is 39.8. The Bertz CT molecular complexity index is 1020. The van der Waals surface area contributed by atoms with E-state index in [9.17, 15) is 13.2 Å². The van der Waals surface area contributed by atoms with Gasteiger partial charge in [-0.25, -0.2) is 8.42 Å². The molecule has 2 aromatic rings. The highest BCUT2D eigenvalue weighted by Gasteiger charge is 2.33. The van der Waals surface area contributed by atoms with Gasteiger partial charge in [0.25, 0.3) is 15.9 Å².